The van der Waals surface area contributed by atoms with Gasteiger partial charge in [0.25, 0.3) is 0 Å². The highest BCUT2D eigenvalue weighted by Crippen LogP contribution is 2.36. The minimum absolute atomic E-state index is 0.0569. The molecule has 4 heteroatoms. The van der Waals surface area contributed by atoms with E-state index in [1.54, 1.807) is 0 Å². The normalized spacial score (nSPS) is 17.4. The van der Waals surface area contributed by atoms with Crippen LogP contribution in [0.2, 0.25) is 0 Å². The van der Waals surface area contributed by atoms with Gasteiger partial charge in [-0.1, -0.05) is 84.0 Å². The van der Waals surface area contributed by atoms with Crippen LogP contribution in [0.5, 0.6) is 0 Å². The fourth-order valence-corrected chi connectivity index (χ4v) is 5.00. The number of amides is 2. The van der Waals surface area contributed by atoms with Gasteiger partial charge < -0.3 is 10.2 Å². The third-order valence-corrected chi connectivity index (χ3v) is 7.03. The number of hydrogen-bond donors (Lipinski definition) is 1. The molecule has 172 valence electrons. The lowest BCUT2D eigenvalue weighted by atomic mass is 9.72. The van der Waals surface area contributed by atoms with E-state index >= 15 is 0 Å². The van der Waals surface area contributed by atoms with E-state index in [0.29, 0.717) is 38.9 Å². The topological polar surface area (TPSA) is 49.4 Å². The van der Waals surface area contributed by atoms with Crippen LogP contribution in [0.25, 0.3) is 0 Å². The second-order valence-corrected chi connectivity index (χ2v) is 9.29. The van der Waals surface area contributed by atoms with Crippen molar-refractivity contribution in [2.45, 2.75) is 57.4 Å². The molecule has 0 saturated carbocycles. The third-order valence-electron chi connectivity index (χ3n) is 7.03. The van der Waals surface area contributed by atoms with Crippen molar-refractivity contribution in [2.75, 3.05) is 13.1 Å². The molecule has 2 aromatic carbocycles. The van der Waals surface area contributed by atoms with Crippen molar-refractivity contribution < 1.29 is 9.59 Å². The van der Waals surface area contributed by atoms with Crippen molar-refractivity contribution in [3.63, 3.8) is 0 Å². The maximum atomic E-state index is 13.6. The summed E-state index contributed by atoms with van der Waals surface area (Å²) >= 11 is 0. The number of hydrogen-bond acceptors (Lipinski definition) is 2. The zero-order chi connectivity index (χ0) is 23.1. The summed E-state index contributed by atoms with van der Waals surface area (Å²) in [6, 6.07) is 18.3. The van der Waals surface area contributed by atoms with Crippen molar-refractivity contribution in [3.05, 3.63) is 95.1 Å². The summed E-state index contributed by atoms with van der Waals surface area (Å²) in [5, 5.41) is 3.19. The first-order valence-corrected chi connectivity index (χ1v) is 12.1. The summed E-state index contributed by atoms with van der Waals surface area (Å²) in [4.78, 5) is 28.4. The van der Waals surface area contributed by atoms with Gasteiger partial charge >= 0.3 is 0 Å². The highest BCUT2D eigenvalue weighted by Gasteiger charge is 2.43. The zero-order valence-electron chi connectivity index (χ0n) is 19.6. The van der Waals surface area contributed by atoms with E-state index in [-0.39, 0.29) is 11.8 Å². The fourth-order valence-electron chi connectivity index (χ4n) is 5.00. The average molecular weight is 443 g/mol. The van der Waals surface area contributed by atoms with Crippen LogP contribution in [-0.4, -0.2) is 29.8 Å². The number of carbonyl (C=O) groups excluding carboxylic acids is 2. The standard InChI is InChI=1S/C29H34N2O2/c1-23-9-8-12-25(21-23)22-30-28(33)29(26-13-6-3-7-14-26)17-19-31(20-18-29)27(32)16-15-24-10-4-2-5-11-24/h2-4,6-10,12-14,21H,5,11,15-20,22H2,1H3,(H,30,33). The van der Waals surface area contributed by atoms with Gasteiger partial charge in [-0.25, -0.2) is 0 Å². The third kappa shape index (κ3) is 5.62. The van der Waals surface area contributed by atoms with E-state index in [4.69, 9.17) is 0 Å². The fraction of sp³-hybridized carbons (Fsp3) is 0.379. The molecule has 2 aromatic rings. The number of nitrogens with one attached hydrogen (secondary N) is 1. The second-order valence-electron chi connectivity index (χ2n) is 9.29. The molecule has 0 bridgehead atoms. The van der Waals surface area contributed by atoms with Crippen LogP contribution < -0.4 is 5.32 Å². The van der Waals surface area contributed by atoms with Gasteiger partial charge in [0, 0.05) is 26.1 Å². The minimum Gasteiger partial charge on any atom is -0.351 e. The Hall–Kier alpha value is -3.14. The smallest absolute Gasteiger partial charge is 0.231 e. The number of benzene rings is 2. The first kappa shape index (κ1) is 23.0. The molecule has 0 atom stereocenters. The van der Waals surface area contributed by atoms with Gasteiger partial charge in [-0.2, -0.15) is 0 Å². The van der Waals surface area contributed by atoms with Crippen LogP contribution in [0.3, 0.4) is 0 Å². The molecule has 0 unspecified atom stereocenters. The molecule has 0 spiro atoms. The lowest BCUT2D eigenvalue weighted by Crippen LogP contribution is -2.52. The molecular formula is C29H34N2O2. The lowest BCUT2D eigenvalue weighted by Gasteiger charge is -2.41. The minimum atomic E-state index is -0.599. The number of piperidine rings is 1. The van der Waals surface area contributed by atoms with Crippen molar-refractivity contribution in [2.24, 2.45) is 0 Å². The largest absolute Gasteiger partial charge is 0.351 e. The van der Waals surface area contributed by atoms with Gasteiger partial charge in [-0.15, -0.1) is 0 Å². The van der Waals surface area contributed by atoms with Crippen LogP contribution in [0.1, 0.15) is 55.2 Å². The van der Waals surface area contributed by atoms with Crippen LogP contribution in [-0.2, 0) is 21.5 Å². The van der Waals surface area contributed by atoms with Crippen LogP contribution in [0, 0.1) is 6.92 Å². The number of rotatable bonds is 7. The number of allylic oxidation sites excluding steroid dienone is 4. The highest BCUT2D eigenvalue weighted by molar-refractivity contribution is 5.89. The second kappa shape index (κ2) is 10.7. The summed E-state index contributed by atoms with van der Waals surface area (Å²) in [6.07, 6.45) is 11.2. The summed E-state index contributed by atoms with van der Waals surface area (Å²) < 4.78 is 0. The lowest BCUT2D eigenvalue weighted by molar-refractivity contribution is -0.137. The van der Waals surface area contributed by atoms with E-state index in [2.05, 4.69) is 42.6 Å². The quantitative estimate of drug-likeness (QED) is 0.638. The van der Waals surface area contributed by atoms with E-state index in [0.717, 1.165) is 30.4 Å². The van der Waals surface area contributed by atoms with Crippen molar-refractivity contribution >= 4 is 11.8 Å². The molecule has 1 aliphatic carbocycles. The first-order valence-electron chi connectivity index (χ1n) is 12.1. The Morgan fingerprint density at radius 1 is 1.03 bits per heavy atom. The predicted octanol–water partition coefficient (Wildman–Crippen LogP) is 5.23. The molecule has 1 aliphatic heterocycles. The van der Waals surface area contributed by atoms with E-state index in [9.17, 15) is 9.59 Å². The Labute approximate surface area is 197 Å². The molecule has 2 amide bonds. The molecule has 1 fully saturated rings. The molecule has 1 N–H and O–H groups in total. The molecule has 0 aromatic heterocycles. The zero-order valence-corrected chi connectivity index (χ0v) is 19.6. The molecule has 33 heavy (non-hydrogen) atoms. The highest BCUT2D eigenvalue weighted by atomic mass is 16.2. The van der Waals surface area contributed by atoms with E-state index < -0.39 is 5.41 Å². The van der Waals surface area contributed by atoms with Crippen LogP contribution in [0.15, 0.2) is 78.4 Å². The Morgan fingerprint density at radius 3 is 2.52 bits per heavy atom. The summed E-state index contributed by atoms with van der Waals surface area (Å²) in [6.45, 7) is 3.81. The number of nitrogens with zero attached hydrogens (tertiary/aromatic N) is 1. The first-order chi connectivity index (χ1) is 16.1. The molecule has 0 radical (unpaired) electrons. The van der Waals surface area contributed by atoms with Crippen molar-refractivity contribution in [1.29, 1.82) is 0 Å². The van der Waals surface area contributed by atoms with Gasteiger partial charge in [0.15, 0.2) is 0 Å². The molecule has 1 heterocycles. The molecule has 1 saturated heterocycles. The SMILES string of the molecule is Cc1cccc(CNC(=O)C2(c3ccccc3)CCN(C(=O)CCC3=CC=CCC3)CC2)c1. The number of likely N-dealkylation sites (tertiary alicyclic amines) is 1. The molecule has 2 aliphatic rings. The van der Waals surface area contributed by atoms with Gasteiger partial charge in [-0.3, -0.25) is 9.59 Å². The maximum Gasteiger partial charge on any atom is 0.231 e. The average Bonchev–Trinajstić information content (AvgIpc) is 2.87. The number of carbonyl (C=O) groups is 2. The summed E-state index contributed by atoms with van der Waals surface area (Å²) in [7, 11) is 0. The molecular weight excluding hydrogens is 408 g/mol. The van der Waals surface area contributed by atoms with Crippen molar-refractivity contribution in [1.82, 2.24) is 10.2 Å². The summed E-state index contributed by atoms with van der Waals surface area (Å²) in [5.41, 5.74) is 4.09. The van der Waals surface area contributed by atoms with E-state index in [1.165, 1.54) is 11.1 Å². The van der Waals surface area contributed by atoms with Crippen molar-refractivity contribution in [3.8, 4) is 0 Å². The monoisotopic (exact) mass is 442 g/mol. The number of aryl methyl sites for hydroxylation is 1. The van der Waals surface area contributed by atoms with Gasteiger partial charge in [0.05, 0.1) is 5.41 Å². The van der Waals surface area contributed by atoms with E-state index in [1.807, 2.05) is 47.4 Å². The Morgan fingerprint density at radius 2 is 1.82 bits per heavy atom. The van der Waals surface area contributed by atoms with Crippen LogP contribution in [0.4, 0.5) is 0 Å². The van der Waals surface area contributed by atoms with Gasteiger partial charge in [0.2, 0.25) is 11.8 Å². The Kier molecular flexibility index (Phi) is 7.43. The maximum absolute atomic E-state index is 13.6. The van der Waals surface area contributed by atoms with Gasteiger partial charge in [0.1, 0.15) is 0 Å². The van der Waals surface area contributed by atoms with Gasteiger partial charge in [-0.05, 0) is 50.2 Å². The molecule has 4 nitrogen and oxygen atoms in total. The molecule has 4 rings (SSSR count). The Balaban J connectivity index is 1.41. The Bertz CT molecular complexity index is 1030. The predicted molar refractivity (Wildman–Crippen MR) is 133 cm³/mol. The summed E-state index contributed by atoms with van der Waals surface area (Å²) in [5.74, 6) is 0.258. The van der Waals surface area contributed by atoms with Crippen LogP contribution >= 0.6 is 0 Å².